The van der Waals surface area contributed by atoms with Crippen molar-refractivity contribution in [3.63, 3.8) is 0 Å². The smallest absolute Gasteiger partial charge is 0.311 e. The molecule has 0 aliphatic rings. The van der Waals surface area contributed by atoms with Crippen LogP contribution in [0.1, 0.15) is 51.4 Å². The molecular formula is C30H32N2O4. The highest BCUT2D eigenvalue weighted by molar-refractivity contribution is 5.72. The molecule has 0 bridgehead atoms. The lowest BCUT2D eigenvalue weighted by atomic mass is 10.1. The Hall–Kier alpha value is -4.06. The second kappa shape index (κ2) is 13.1. The first-order valence-corrected chi connectivity index (χ1v) is 12.6. The molecule has 0 unspecified atom stereocenters. The quantitative estimate of drug-likeness (QED) is 0.118. The summed E-state index contributed by atoms with van der Waals surface area (Å²) in [5.41, 5.74) is 2.05. The number of hydrogen-bond acceptors (Lipinski definition) is 4. The molecule has 4 aromatic rings. The van der Waals surface area contributed by atoms with Crippen molar-refractivity contribution in [2.75, 3.05) is 0 Å². The van der Waals surface area contributed by atoms with Gasteiger partial charge in [0.1, 0.15) is 11.5 Å². The van der Waals surface area contributed by atoms with E-state index in [1.54, 1.807) is 0 Å². The molecule has 0 aliphatic carbocycles. The van der Waals surface area contributed by atoms with E-state index < -0.39 is 0 Å². The zero-order valence-corrected chi connectivity index (χ0v) is 20.4. The minimum absolute atomic E-state index is 0.201. The highest BCUT2D eigenvalue weighted by Gasteiger charge is 2.07. The maximum absolute atomic E-state index is 12.1. The second-order valence-corrected chi connectivity index (χ2v) is 8.74. The number of hydrogen-bond donors (Lipinski definition) is 0. The Morgan fingerprint density at radius 1 is 0.500 bits per heavy atom. The zero-order chi connectivity index (χ0) is 25.0. The van der Waals surface area contributed by atoms with Gasteiger partial charge in [0.2, 0.25) is 0 Å². The van der Waals surface area contributed by atoms with Crippen molar-refractivity contribution in [2.24, 2.45) is 0 Å². The standard InChI is InChI=1S/C30H32N2O4/c33-29(35-27-17-13-25(14-18-27)31-21-7-8-22-31)11-5-3-1-2-4-6-12-30(34)36-28-19-15-26(16-20-28)32-23-9-10-24-32/h7-10,13-24H,1-6,11-12H2. The fraction of sp³-hybridized carbons (Fsp3) is 0.267. The van der Waals surface area contributed by atoms with E-state index in [1.165, 1.54) is 0 Å². The van der Waals surface area contributed by atoms with Crippen LogP contribution in [-0.4, -0.2) is 21.1 Å². The summed E-state index contributed by atoms with van der Waals surface area (Å²) in [6.07, 6.45) is 14.3. The van der Waals surface area contributed by atoms with Gasteiger partial charge in [-0.2, -0.15) is 0 Å². The number of rotatable bonds is 13. The first-order valence-electron chi connectivity index (χ1n) is 12.6. The molecule has 6 nitrogen and oxygen atoms in total. The summed E-state index contributed by atoms with van der Waals surface area (Å²) in [4.78, 5) is 24.2. The van der Waals surface area contributed by atoms with Gasteiger partial charge in [-0.1, -0.05) is 25.7 Å². The molecule has 0 radical (unpaired) electrons. The third-order valence-electron chi connectivity index (χ3n) is 5.95. The number of ether oxygens (including phenoxy) is 2. The molecule has 0 saturated heterocycles. The van der Waals surface area contributed by atoms with Crippen LogP contribution >= 0.6 is 0 Å². The maximum atomic E-state index is 12.1. The first kappa shape index (κ1) is 25.0. The van der Waals surface area contributed by atoms with E-state index in [4.69, 9.17) is 9.47 Å². The number of nitrogens with zero attached hydrogens (tertiary/aromatic N) is 2. The average Bonchev–Trinajstić information content (AvgIpc) is 3.62. The average molecular weight is 485 g/mol. The van der Waals surface area contributed by atoms with Gasteiger partial charge in [-0.25, -0.2) is 0 Å². The second-order valence-electron chi connectivity index (χ2n) is 8.74. The van der Waals surface area contributed by atoms with Crippen LogP contribution in [-0.2, 0) is 9.59 Å². The molecule has 0 amide bonds. The molecule has 0 saturated carbocycles. The number of benzene rings is 2. The number of esters is 2. The summed E-state index contributed by atoms with van der Waals surface area (Å²) in [6.45, 7) is 0. The number of carbonyl (C=O) groups excluding carboxylic acids is 2. The summed E-state index contributed by atoms with van der Waals surface area (Å²) in [5.74, 6) is 0.736. The van der Waals surface area contributed by atoms with E-state index in [1.807, 2.05) is 107 Å². The lowest BCUT2D eigenvalue weighted by Gasteiger charge is -2.07. The molecule has 0 N–H and O–H groups in total. The molecule has 4 rings (SSSR count). The molecule has 0 fully saturated rings. The molecule has 6 heteroatoms. The molecule has 0 aliphatic heterocycles. The molecule has 186 valence electrons. The van der Waals surface area contributed by atoms with Crippen molar-refractivity contribution in [1.29, 1.82) is 0 Å². The predicted octanol–water partition coefficient (Wildman–Crippen LogP) is 6.90. The summed E-state index contributed by atoms with van der Waals surface area (Å²) >= 11 is 0. The molecule has 36 heavy (non-hydrogen) atoms. The van der Waals surface area contributed by atoms with Gasteiger partial charge in [0.05, 0.1) is 0 Å². The third-order valence-corrected chi connectivity index (χ3v) is 5.95. The SMILES string of the molecule is O=C(CCCCCCCCC(=O)Oc1ccc(-n2cccc2)cc1)Oc1ccc(-n2cccc2)cc1. The molecule has 2 heterocycles. The normalized spacial score (nSPS) is 10.8. The van der Waals surface area contributed by atoms with Gasteiger partial charge in [-0.05, 0) is 85.6 Å². The fourth-order valence-electron chi connectivity index (χ4n) is 4.00. The van der Waals surface area contributed by atoms with Gasteiger partial charge >= 0.3 is 11.9 Å². The van der Waals surface area contributed by atoms with Gasteiger partial charge in [0.25, 0.3) is 0 Å². The Bertz CT molecular complexity index is 1100. The lowest BCUT2D eigenvalue weighted by Crippen LogP contribution is -2.08. The summed E-state index contributed by atoms with van der Waals surface area (Å²) in [7, 11) is 0. The highest BCUT2D eigenvalue weighted by atomic mass is 16.5. The van der Waals surface area contributed by atoms with E-state index in [9.17, 15) is 9.59 Å². The monoisotopic (exact) mass is 484 g/mol. The van der Waals surface area contributed by atoms with Gasteiger partial charge in [-0.3, -0.25) is 9.59 Å². The van der Waals surface area contributed by atoms with Gasteiger partial charge in [-0.15, -0.1) is 0 Å². The van der Waals surface area contributed by atoms with Crippen molar-refractivity contribution < 1.29 is 19.1 Å². The van der Waals surface area contributed by atoms with Crippen molar-refractivity contribution >= 4 is 11.9 Å². The van der Waals surface area contributed by atoms with Crippen LogP contribution in [0, 0.1) is 0 Å². The Kier molecular flexibility index (Phi) is 9.14. The van der Waals surface area contributed by atoms with Crippen molar-refractivity contribution in [3.8, 4) is 22.9 Å². The predicted molar refractivity (Wildman–Crippen MR) is 140 cm³/mol. The van der Waals surface area contributed by atoms with E-state index in [0.29, 0.717) is 24.3 Å². The first-order chi connectivity index (χ1) is 17.7. The van der Waals surface area contributed by atoms with Crippen LogP contribution in [0.5, 0.6) is 11.5 Å². The minimum atomic E-state index is -0.201. The third kappa shape index (κ3) is 7.73. The summed E-state index contributed by atoms with van der Waals surface area (Å²) in [5, 5.41) is 0. The van der Waals surface area contributed by atoms with Crippen molar-refractivity contribution in [3.05, 3.63) is 97.6 Å². The van der Waals surface area contributed by atoms with Gasteiger partial charge < -0.3 is 18.6 Å². The number of aromatic nitrogens is 2. The Balaban J connectivity index is 1.02. The minimum Gasteiger partial charge on any atom is -0.427 e. The Morgan fingerprint density at radius 2 is 0.833 bits per heavy atom. The largest absolute Gasteiger partial charge is 0.427 e. The fourth-order valence-corrected chi connectivity index (χ4v) is 4.00. The van der Waals surface area contributed by atoms with Crippen LogP contribution in [0.25, 0.3) is 11.4 Å². The Labute approximate surface area is 212 Å². The topological polar surface area (TPSA) is 62.5 Å². The maximum Gasteiger partial charge on any atom is 0.311 e. The number of carbonyl (C=O) groups is 2. The van der Waals surface area contributed by atoms with E-state index in [-0.39, 0.29) is 11.9 Å². The van der Waals surface area contributed by atoms with E-state index in [0.717, 1.165) is 49.9 Å². The number of unbranched alkanes of at least 4 members (excludes halogenated alkanes) is 5. The zero-order valence-electron chi connectivity index (χ0n) is 20.4. The highest BCUT2D eigenvalue weighted by Crippen LogP contribution is 2.18. The van der Waals surface area contributed by atoms with Gasteiger partial charge in [0.15, 0.2) is 0 Å². The lowest BCUT2D eigenvalue weighted by molar-refractivity contribution is -0.135. The van der Waals surface area contributed by atoms with Crippen LogP contribution in [0.4, 0.5) is 0 Å². The van der Waals surface area contributed by atoms with Crippen LogP contribution in [0.2, 0.25) is 0 Å². The molecule has 2 aromatic carbocycles. The summed E-state index contributed by atoms with van der Waals surface area (Å²) < 4.78 is 14.9. The van der Waals surface area contributed by atoms with Gasteiger partial charge in [0, 0.05) is 49.0 Å². The van der Waals surface area contributed by atoms with Crippen LogP contribution in [0.3, 0.4) is 0 Å². The van der Waals surface area contributed by atoms with Crippen molar-refractivity contribution in [1.82, 2.24) is 9.13 Å². The molecular weight excluding hydrogens is 452 g/mol. The van der Waals surface area contributed by atoms with E-state index >= 15 is 0 Å². The molecule has 2 aromatic heterocycles. The summed E-state index contributed by atoms with van der Waals surface area (Å²) in [6, 6.07) is 22.9. The Morgan fingerprint density at radius 3 is 1.19 bits per heavy atom. The van der Waals surface area contributed by atoms with E-state index in [2.05, 4.69) is 0 Å². The van der Waals surface area contributed by atoms with Crippen LogP contribution in [0.15, 0.2) is 97.6 Å². The van der Waals surface area contributed by atoms with Crippen LogP contribution < -0.4 is 9.47 Å². The molecule has 0 atom stereocenters. The molecule has 0 spiro atoms. The van der Waals surface area contributed by atoms with Crippen molar-refractivity contribution in [2.45, 2.75) is 51.4 Å².